The van der Waals surface area contributed by atoms with Crippen molar-refractivity contribution >= 4 is 5.97 Å². The molecule has 0 N–H and O–H groups in total. The van der Waals surface area contributed by atoms with Gasteiger partial charge in [0.15, 0.2) is 0 Å². The van der Waals surface area contributed by atoms with Crippen LogP contribution in [0, 0.1) is 35.0 Å². The van der Waals surface area contributed by atoms with Gasteiger partial charge in [0, 0.05) is 17.9 Å². The Labute approximate surface area is 115 Å². The van der Waals surface area contributed by atoms with Crippen LogP contribution in [0.2, 0.25) is 0 Å². The molecule has 6 atom stereocenters. The fourth-order valence-electron chi connectivity index (χ4n) is 6.71. The SMILES string of the molecule is C=CC(=O)OC1(C(C)C)C2CC3CCC4(C2)C3CC41. The predicted octanol–water partition coefficient (Wildman–Crippen LogP) is 3.57. The van der Waals surface area contributed by atoms with Gasteiger partial charge in [-0.1, -0.05) is 20.4 Å². The third-order valence-corrected chi connectivity index (χ3v) is 7.21. The molecule has 0 aromatic carbocycles. The largest absolute Gasteiger partial charge is 0.455 e. The summed E-state index contributed by atoms with van der Waals surface area (Å²) in [4.78, 5) is 11.9. The minimum Gasteiger partial charge on any atom is -0.455 e. The number of esters is 1. The third-order valence-electron chi connectivity index (χ3n) is 7.21. The van der Waals surface area contributed by atoms with Gasteiger partial charge in [-0.15, -0.1) is 0 Å². The number of fused-ring (bicyclic) bond motifs is 1. The van der Waals surface area contributed by atoms with Gasteiger partial charge in [0.05, 0.1) is 0 Å². The second-order valence-electron chi connectivity index (χ2n) is 7.70. The zero-order chi connectivity index (χ0) is 13.4. The molecule has 6 unspecified atom stereocenters. The summed E-state index contributed by atoms with van der Waals surface area (Å²) < 4.78 is 6.06. The highest BCUT2D eigenvalue weighted by atomic mass is 16.6. The molecule has 4 rings (SSSR count). The van der Waals surface area contributed by atoms with Crippen molar-refractivity contribution in [1.82, 2.24) is 0 Å². The third kappa shape index (κ3) is 1.14. The maximum absolute atomic E-state index is 11.9. The van der Waals surface area contributed by atoms with Crippen LogP contribution >= 0.6 is 0 Å². The van der Waals surface area contributed by atoms with Crippen molar-refractivity contribution in [3.05, 3.63) is 12.7 Å². The Morgan fingerprint density at radius 1 is 1.42 bits per heavy atom. The normalized spacial score (nSPS) is 53.0. The molecule has 19 heavy (non-hydrogen) atoms. The maximum Gasteiger partial charge on any atom is 0.330 e. The Bertz CT molecular complexity index is 454. The summed E-state index contributed by atoms with van der Waals surface area (Å²) in [5.74, 6) is 3.33. The molecule has 0 aromatic heterocycles. The van der Waals surface area contributed by atoms with Crippen LogP contribution < -0.4 is 0 Å². The van der Waals surface area contributed by atoms with Crippen molar-refractivity contribution in [2.45, 2.75) is 51.6 Å². The van der Waals surface area contributed by atoms with Crippen LogP contribution in [0.25, 0.3) is 0 Å². The Kier molecular flexibility index (Phi) is 2.18. The predicted molar refractivity (Wildman–Crippen MR) is 73.3 cm³/mol. The number of hydrogen-bond acceptors (Lipinski definition) is 2. The maximum atomic E-state index is 11.9. The summed E-state index contributed by atoms with van der Waals surface area (Å²) in [5, 5.41) is 0. The van der Waals surface area contributed by atoms with Gasteiger partial charge < -0.3 is 4.74 Å². The molecule has 4 aliphatic carbocycles. The van der Waals surface area contributed by atoms with Crippen LogP contribution in [-0.4, -0.2) is 11.6 Å². The molecule has 2 heteroatoms. The molecule has 0 heterocycles. The molecule has 0 aliphatic heterocycles. The van der Waals surface area contributed by atoms with Crippen LogP contribution in [-0.2, 0) is 9.53 Å². The van der Waals surface area contributed by atoms with Crippen LogP contribution in [0.15, 0.2) is 12.7 Å². The molecular formula is C17H24O2. The van der Waals surface area contributed by atoms with E-state index in [1.165, 1.54) is 38.2 Å². The molecule has 3 bridgehead atoms. The molecule has 1 spiro atoms. The van der Waals surface area contributed by atoms with E-state index in [4.69, 9.17) is 4.74 Å². The Hall–Kier alpha value is -0.790. The minimum absolute atomic E-state index is 0.184. The van der Waals surface area contributed by atoms with Gasteiger partial charge in [0.1, 0.15) is 5.60 Å². The van der Waals surface area contributed by atoms with E-state index in [2.05, 4.69) is 20.4 Å². The molecule has 4 saturated carbocycles. The monoisotopic (exact) mass is 260 g/mol. The van der Waals surface area contributed by atoms with Crippen molar-refractivity contribution in [1.29, 1.82) is 0 Å². The van der Waals surface area contributed by atoms with Crippen LogP contribution in [0.3, 0.4) is 0 Å². The Morgan fingerprint density at radius 2 is 2.21 bits per heavy atom. The summed E-state index contributed by atoms with van der Waals surface area (Å²) in [5.41, 5.74) is 0.371. The molecule has 4 fully saturated rings. The highest BCUT2D eigenvalue weighted by Gasteiger charge is 2.78. The number of carbonyl (C=O) groups excluding carboxylic acids is 1. The van der Waals surface area contributed by atoms with E-state index in [0.29, 0.717) is 23.2 Å². The first-order valence-electron chi connectivity index (χ1n) is 7.90. The summed E-state index contributed by atoms with van der Waals surface area (Å²) in [7, 11) is 0. The van der Waals surface area contributed by atoms with Crippen molar-refractivity contribution < 1.29 is 9.53 Å². The molecule has 104 valence electrons. The van der Waals surface area contributed by atoms with Crippen LogP contribution in [0.1, 0.15) is 46.0 Å². The van der Waals surface area contributed by atoms with E-state index < -0.39 is 0 Å². The van der Waals surface area contributed by atoms with Gasteiger partial charge in [0.2, 0.25) is 0 Å². The summed E-state index contributed by atoms with van der Waals surface area (Å²) in [6, 6.07) is 0. The summed E-state index contributed by atoms with van der Waals surface area (Å²) in [6.07, 6.45) is 8.10. The van der Waals surface area contributed by atoms with Gasteiger partial charge in [-0.2, -0.15) is 0 Å². The van der Waals surface area contributed by atoms with Gasteiger partial charge in [-0.3, -0.25) is 0 Å². The summed E-state index contributed by atoms with van der Waals surface area (Å²) >= 11 is 0. The molecule has 0 saturated heterocycles. The molecule has 0 aromatic rings. The minimum atomic E-state index is -0.211. The van der Waals surface area contributed by atoms with Crippen molar-refractivity contribution in [2.24, 2.45) is 35.0 Å². The van der Waals surface area contributed by atoms with E-state index >= 15 is 0 Å². The van der Waals surface area contributed by atoms with E-state index in [0.717, 1.165) is 11.8 Å². The van der Waals surface area contributed by atoms with Gasteiger partial charge in [-0.25, -0.2) is 4.79 Å². The van der Waals surface area contributed by atoms with E-state index in [1.807, 2.05) is 0 Å². The number of ether oxygens (including phenoxy) is 1. The quantitative estimate of drug-likeness (QED) is 0.573. The van der Waals surface area contributed by atoms with Crippen molar-refractivity contribution in [3.63, 3.8) is 0 Å². The van der Waals surface area contributed by atoms with E-state index in [9.17, 15) is 4.79 Å². The lowest BCUT2D eigenvalue weighted by molar-refractivity contribution is -0.185. The zero-order valence-electron chi connectivity index (χ0n) is 12.0. The molecule has 4 aliphatic rings. The average molecular weight is 260 g/mol. The Morgan fingerprint density at radius 3 is 2.89 bits per heavy atom. The first-order valence-corrected chi connectivity index (χ1v) is 7.90. The lowest BCUT2D eigenvalue weighted by Gasteiger charge is -2.55. The number of carbonyl (C=O) groups is 1. The second kappa shape index (κ2) is 3.45. The molecular weight excluding hydrogens is 236 g/mol. The highest BCUT2D eigenvalue weighted by molar-refractivity contribution is 5.81. The highest BCUT2D eigenvalue weighted by Crippen LogP contribution is 2.80. The van der Waals surface area contributed by atoms with Gasteiger partial charge in [-0.05, 0) is 55.3 Å². The first kappa shape index (κ1) is 12.0. The zero-order valence-corrected chi connectivity index (χ0v) is 12.0. The fourth-order valence-corrected chi connectivity index (χ4v) is 6.71. The Balaban J connectivity index is 1.77. The standard InChI is InChI=1S/C17H24O2/c1-4-15(18)19-17(10(2)3)12-7-11-5-6-16(9-12)13(11)8-14(16)17/h4,10-14H,1,5-9H2,2-3H3. The molecule has 2 nitrogen and oxygen atoms in total. The van der Waals surface area contributed by atoms with Gasteiger partial charge >= 0.3 is 5.97 Å². The number of rotatable bonds is 3. The van der Waals surface area contributed by atoms with Crippen LogP contribution in [0.5, 0.6) is 0 Å². The van der Waals surface area contributed by atoms with Crippen LogP contribution in [0.4, 0.5) is 0 Å². The fraction of sp³-hybridized carbons (Fsp3) is 0.824. The lowest BCUT2D eigenvalue weighted by Crippen LogP contribution is -2.55. The smallest absolute Gasteiger partial charge is 0.330 e. The van der Waals surface area contributed by atoms with E-state index in [1.54, 1.807) is 0 Å². The topological polar surface area (TPSA) is 26.3 Å². The lowest BCUT2D eigenvalue weighted by atomic mass is 9.51. The first-order chi connectivity index (χ1) is 9.04. The van der Waals surface area contributed by atoms with E-state index in [-0.39, 0.29) is 11.6 Å². The van der Waals surface area contributed by atoms with Crippen molar-refractivity contribution in [2.75, 3.05) is 0 Å². The number of hydrogen-bond donors (Lipinski definition) is 0. The average Bonchev–Trinajstić information content (AvgIpc) is 2.62. The molecule has 0 radical (unpaired) electrons. The second-order valence-corrected chi connectivity index (χ2v) is 7.70. The van der Waals surface area contributed by atoms with Crippen molar-refractivity contribution in [3.8, 4) is 0 Å². The molecule has 0 amide bonds. The van der Waals surface area contributed by atoms with Gasteiger partial charge in [0.25, 0.3) is 0 Å². The summed E-state index contributed by atoms with van der Waals surface area (Å²) in [6.45, 7) is 8.08.